The van der Waals surface area contributed by atoms with Crippen molar-refractivity contribution in [3.8, 4) is 0 Å². The molecule has 1 aromatic carbocycles. The Morgan fingerprint density at radius 2 is 1.74 bits per heavy atom. The number of carbonyl (C=O) groups excluding carboxylic acids is 2. The first-order valence-electron chi connectivity index (χ1n) is 7.69. The maximum absolute atomic E-state index is 12.0. The van der Waals surface area contributed by atoms with Crippen LogP contribution < -0.4 is 16.2 Å². The Labute approximate surface area is 146 Å². The first-order chi connectivity index (χ1) is 11.0. The molecule has 2 amide bonds. The van der Waals surface area contributed by atoms with Crippen LogP contribution in [-0.2, 0) is 16.0 Å². The quantitative estimate of drug-likeness (QED) is 0.576. The molecule has 7 heteroatoms. The Morgan fingerprint density at radius 3 is 2.39 bits per heavy atom. The molecule has 0 atom stereocenters. The number of hydrazine groups is 1. The number of halogens is 1. The van der Waals surface area contributed by atoms with Gasteiger partial charge in [0.05, 0.1) is 6.42 Å². The van der Waals surface area contributed by atoms with Crippen molar-refractivity contribution in [2.45, 2.75) is 38.5 Å². The number of carbonyl (C=O) groups is 2. The molecule has 0 aliphatic heterocycles. The van der Waals surface area contributed by atoms with Crippen molar-refractivity contribution in [1.82, 2.24) is 16.2 Å². The van der Waals surface area contributed by atoms with Gasteiger partial charge in [-0.1, -0.05) is 43.0 Å². The molecule has 1 aliphatic carbocycles. The largest absolute Gasteiger partial charge is 0.302 e. The normalized spacial score (nSPS) is 14.8. The standard InChI is InChI=1S/C16H20ClN3O2S/c17-13-8-6-11(7-9-13)10-14(21)18-16(23)20-19-15(22)12-4-2-1-3-5-12/h6-9,12H,1-5,10H2,(H,19,22)(H2,18,20,21,23). The first kappa shape index (κ1) is 17.7. The molecule has 0 aromatic heterocycles. The highest BCUT2D eigenvalue weighted by Gasteiger charge is 2.21. The lowest BCUT2D eigenvalue weighted by Gasteiger charge is -2.21. The molecule has 1 saturated carbocycles. The minimum atomic E-state index is -0.253. The zero-order valence-corrected chi connectivity index (χ0v) is 14.3. The summed E-state index contributed by atoms with van der Waals surface area (Å²) in [5.74, 6) is -0.292. The van der Waals surface area contributed by atoms with E-state index in [1.807, 2.05) is 0 Å². The predicted molar refractivity (Wildman–Crippen MR) is 93.8 cm³/mol. The van der Waals surface area contributed by atoms with E-state index in [9.17, 15) is 9.59 Å². The summed E-state index contributed by atoms with van der Waals surface area (Å²) in [7, 11) is 0. The molecule has 1 aromatic rings. The van der Waals surface area contributed by atoms with E-state index >= 15 is 0 Å². The zero-order valence-electron chi connectivity index (χ0n) is 12.7. The van der Waals surface area contributed by atoms with E-state index in [1.54, 1.807) is 24.3 Å². The van der Waals surface area contributed by atoms with Crippen LogP contribution in [0.3, 0.4) is 0 Å². The lowest BCUT2D eigenvalue weighted by atomic mass is 9.89. The molecular weight excluding hydrogens is 334 g/mol. The number of rotatable bonds is 3. The molecule has 3 N–H and O–H groups in total. The zero-order chi connectivity index (χ0) is 16.7. The second kappa shape index (κ2) is 8.84. The smallest absolute Gasteiger partial charge is 0.241 e. The van der Waals surface area contributed by atoms with Gasteiger partial charge in [-0.3, -0.25) is 20.4 Å². The van der Waals surface area contributed by atoms with E-state index in [0.717, 1.165) is 31.2 Å². The van der Waals surface area contributed by atoms with Crippen molar-refractivity contribution in [2.24, 2.45) is 5.92 Å². The van der Waals surface area contributed by atoms with Crippen LogP contribution in [0.2, 0.25) is 5.02 Å². The van der Waals surface area contributed by atoms with Crippen molar-refractivity contribution in [3.63, 3.8) is 0 Å². The van der Waals surface area contributed by atoms with E-state index in [2.05, 4.69) is 16.2 Å². The topological polar surface area (TPSA) is 70.2 Å². The molecule has 2 rings (SSSR count). The van der Waals surface area contributed by atoms with Crippen molar-refractivity contribution in [2.75, 3.05) is 0 Å². The van der Waals surface area contributed by atoms with Gasteiger partial charge in [-0.25, -0.2) is 0 Å². The van der Waals surface area contributed by atoms with Crippen molar-refractivity contribution >= 4 is 40.7 Å². The summed E-state index contributed by atoms with van der Waals surface area (Å²) in [5.41, 5.74) is 5.99. The maximum Gasteiger partial charge on any atom is 0.241 e. The third-order valence-electron chi connectivity index (χ3n) is 3.81. The van der Waals surface area contributed by atoms with Gasteiger partial charge in [0, 0.05) is 10.9 Å². The van der Waals surface area contributed by atoms with Crippen molar-refractivity contribution in [1.29, 1.82) is 0 Å². The van der Waals surface area contributed by atoms with Crippen molar-refractivity contribution < 1.29 is 9.59 Å². The molecule has 0 saturated heterocycles. The van der Waals surface area contributed by atoms with Gasteiger partial charge < -0.3 is 5.32 Å². The van der Waals surface area contributed by atoms with Gasteiger partial charge in [-0.2, -0.15) is 0 Å². The van der Waals surface area contributed by atoms with Crippen LogP contribution in [0.4, 0.5) is 0 Å². The SMILES string of the molecule is O=C(Cc1ccc(Cl)cc1)NC(=S)NNC(=O)C1CCCCC1. The summed E-state index contributed by atoms with van der Waals surface area (Å²) in [4.78, 5) is 23.8. The highest BCUT2D eigenvalue weighted by Crippen LogP contribution is 2.23. The highest BCUT2D eigenvalue weighted by atomic mass is 35.5. The van der Waals surface area contributed by atoms with E-state index < -0.39 is 0 Å². The summed E-state index contributed by atoms with van der Waals surface area (Å²) in [6, 6.07) is 7.02. The molecule has 5 nitrogen and oxygen atoms in total. The van der Waals surface area contributed by atoms with Crippen LogP contribution in [0.25, 0.3) is 0 Å². The van der Waals surface area contributed by atoms with Crippen LogP contribution in [0.1, 0.15) is 37.7 Å². The molecule has 1 fully saturated rings. The molecule has 0 heterocycles. The summed E-state index contributed by atoms with van der Waals surface area (Å²) in [5, 5.41) is 3.25. The Balaban J connectivity index is 1.70. The number of hydrogen-bond donors (Lipinski definition) is 3. The molecule has 0 spiro atoms. The van der Waals surface area contributed by atoms with Gasteiger partial charge in [0.1, 0.15) is 0 Å². The van der Waals surface area contributed by atoms with Gasteiger partial charge in [0.2, 0.25) is 11.8 Å². The van der Waals surface area contributed by atoms with E-state index in [-0.39, 0.29) is 29.3 Å². The van der Waals surface area contributed by atoms with Crippen molar-refractivity contribution in [3.05, 3.63) is 34.9 Å². The van der Waals surface area contributed by atoms with Crippen LogP contribution in [-0.4, -0.2) is 16.9 Å². The van der Waals surface area contributed by atoms with Gasteiger partial charge in [0.25, 0.3) is 0 Å². The minimum Gasteiger partial charge on any atom is -0.302 e. The number of thiocarbonyl (C=S) groups is 1. The first-order valence-corrected chi connectivity index (χ1v) is 8.47. The molecule has 0 unspecified atom stereocenters. The van der Waals surface area contributed by atoms with Crippen LogP contribution in [0, 0.1) is 5.92 Å². The molecular formula is C16H20ClN3O2S. The number of benzene rings is 1. The summed E-state index contributed by atoms with van der Waals surface area (Å²) < 4.78 is 0. The summed E-state index contributed by atoms with van der Waals surface area (Å²) in [6.45, 7) is 0. The molecule has 23 heavy (non-hydrogen) atoms. The fourth-order valence-corrected chi connectivity index (χ4v) is 2.87. The van der Waals surface area contributed by atoms with E-state index in [1.165, 1.54) is 6.42 Å². The lowest BCUT2D eigenvalue weighted by Crippen LogP contribution is -2.50. The minimum absolute atomic E-state index is 0.0313. The average molecular weight is 354 g/mol. The second-order valence-corrected chi connectivity index (χ2v) is 6.47. The second-order valence-electron chi connectivity index (χ2n) is 5.63. The fraction of sp³-hybridized carbons (Fsp3) is 0.438. The number of nitrogens with one attached hydrogen (secondary N) is 3. The molecule has 1 aliphatic rings. The third kappa shape index (κ3) is 6.15. The maximum atomic E-state index is 12.0. The van der Waals surface area contributed by atoms with Gasteiger partial charge in [0.15, 0.2) is 5.11 Å². The van der Waals surface area contributed by atoms with E-state index in [4.69, 9.17) is 23.8 Å². The molecule has 124 valence electrons. The monoisotopic (exact) mass is 353 g/mol. The van der Waals surface area contributed by atoms with Crippen LogP contribution in [0.5, 0.6) is 0 Å². The lowest BCUT2D eigenvalue weighted by molar-refractivity contribution is -0.126. The summed E-state index contributed by atoms with van der Waals surface area (Å²) in [6.07, 6.45) is 5.36. The van der Waals surface area contributed by atoms with Gasteiger partial charge >= 0.3 is 0 Å². The van der Waals surface area contributed by atoms with E-state index in [0.29, 0.717) is 5.02 Å². The predicted octanol–water partition coefficient (Wildman–Crippen LogP) is 2.48. The van der Waals surface area contributed by atoms with Crippen LogP contribution in [0.15, 0.2) is 24.3 Å². The molecule has 0 bridgehead atoms. The Hall–Kier alpha value is -1.66. The van der Waals surface area contributed by atoms with Crippen LogP contribution >= 0.6 is 23.8 Å². The third-order valence-corrected chi connectivity index (χ3v) is 4.26. The number of amides is 2. The highest BCUT2D eigenvalue weighted by molar-refractivity contribution is 7.80. The Morgan fingerprint density at radius 1 is 1.09 bits per heavy atom. The summed E-state index contributed by atoms with van der Waals surface area (Å²) >= 11 is 10.8. The average Bonchev–Trinajstić information content (AvgIpc) is 2.55. The fourth-order valence-electron chi connectivity index (χ4n) is 2.57. The number of hydrogen-bond acceptors (Lipinski definition) is 3. The Kier molecular flexibility index (Phi) is 6.80. The van der Waals surface area contributed by atoms with Gasteiger partial charge in [-0.05, 0) is 42.8 Å². The van der Waals surface area contributed by atoms with Gasteiger partial charge in [-0.15, -0.1) is 0 Å². The Bertz CT molecular complexity index is 571. The molecule has 0 radical (unpaired) electrons.